The Morgan fingerprint density at radius 2 is 2.20 bits per heavy atom. The minimum absolute atomic E-state index is 0.456. The first kappa shape index (κ1) is 9.63. The smallest absolute Gasteiger partial charge is 0.168 e. The molecule has 0 fully saturated rings. The van der Waals surface area contributed by atoms with E-state index in [1.807, 2.05) is 18.5 Å². The molecular weight excluding hydrogens is 194 g/mol. The van der Waals surface area contributed by atoms with Gasteiger partial charge in [-0.3, -0.25) is 0 Å². The summed E-state index contributed by atoms with van der Waals surface area (Å²) in [6.45, 7) is 5.23. The van der Waals surface area contributed by atoms with E-state index in [-0.39, 0.29) is 0 Å². The number of hydrogen-bond acceptors (Lipinski definition) is 5. The van der Waals surface area contributed by atoms with Crippen molar-refractivity contribution < 1.29 is 0 Å². The Morgan fingerprint density at radius 1 is 1.40 bits per heavy atom. The maximum absolute atomic E-state index is 5.60. The number of rotatable bonds is 3. The monoisotopic (exact) mass is 207 g/mol. The average molecular weight is 207 g/mol. The van der Waals surface area contributed by atoms with Crippen molar-refractivity contribution in [3.63, 3.8) is 0 Å². The van der Waals surface area contributed by atoms with E-state index in [0.717, 1.165) is 18.1 Å². The summed E-state index contributed by atoms with van der Waals surface area (Å²) in [5.41, 5.74) is 6.45. The molecule has 2 rings (SSSR count). The van der Waals surface area contributed by atoms with E-state index in [9.17, 15) is 0 Å². The van der Waals surface area contributed by atoms with Crippen molar-refractivity contribution in [2.45, 2.75) is 26.9 Å². The molecule has 0 radical (unpaired) electrons. The van der Waals surface area contributed by atoms with Gasteiger partial charge in [0.05, 0.1) is 5.69 Å². The van der Waals surface area contributed by atoms with Gasteiger partial charge in [-0.2, -0.15) is 5.10 Å². The van der Waals surface area contributed by atoms with Crippen LogP contribution in [-0.2, 0) is 13.1 Å². The molecule has 0 aromatic carbocycles. The zero-order valence-corrected chi connectivity index (χ0v) is 8.75. The topological polar surface area (TPSA) is 87.4 Å². The molecule has 0 saturated heterocycles. The Labute approximate surface area is 86.9 Å². The number of nitrogens with zero attached hydrogens (tertiary/aromatic N) is 6. The Kier molecular flexibility index (Phi) is 2.36. The van der Waals surface area contributed by atoms with Crippen molar-refractivity contribution in [1.82, 2.24) is 29.8 Å². The molecule has 0 unspecified atom stereocenters. The second-order valence-corrected chi connectivity index (χ2v) is 3.21. The molecule has 0 amide bonds. The molecule has 0 aliphatic heterocycles. The van der Waals surface area contributed by atoms with Crippen LogP contribution in [0.5, 0.6) is 0 Å². The summed E-state index contributed by atoms with van der Waals surface area (Å²) in [5, 5.41) is 11.8. The molecule has 2 aromatic heterocycles. The highest BCUT2D eigenvalue weighted by atomic mass is 15.5. The number of anilines is 1. The third-order valence-electron chi connectivity index (χ3n) is 2.30. The predicted octanol–water partition coefficient (Wildman–Crippen LogP) is -0.172. The Bertz CT molecular complexity index is 455. The third-order valence-corrected chi connectivity index (χ3v) is 2.30. The van der Waals surface area contributed by atoms with Crippen molar-refractivity contribution in [2.75, 3.05) is 5.73 Å². The van der Waals surface area contributed by atoms with Gasteiger partial charge in [-0.05, 0) is 13.8 Å². The van der Waals surface area contributed by atoms with E-state index in [4.69, 9.17) is 5.73 Å². The number of aryl methyl sites for hydroxylation is 1. The highest BCUT2D eigenvalue weighted by Crippen LogP contribution is 2.06. The number of hydrogen-bond donors (Lipinski definition) is 1. The normalized spacial score (nSPS) is 10.8. The highest BCUT2D eigenvalue weighted by Gasteiger charge is 2.08. The fraction of sp³-hybridized carbons (Fsp3) is 0.500. The lowest BCUT2D eigenvalue weighted by Gasteiger charge is -2.03. The second kappa shape index (κ2) is 3.68. The summed E-state index contributed by atoms with van der Waals surface area (Å²) >= 11 is 0. The minimum Gasteiger partial charge on any atom is -0.381 e. The predicted molar refractivity (Wildman–Crippen MR) is 54.0 cm³/mol. The standard InChI is InChI=1S/C8H13N7/c1-3-14-7(10-5-11-14)4-15-6(2)8(9)12-13-15/h5H,3-4,9H2,1-2H3. The van der Waals surface area contributed by atoms with Gasteiger partial charge in [0, 0.05) is 6.54 Å². The molecule has 80 valence electrons. The van der Waals surface area contributed by atoms with Gasteiger partial charge in [0.1, 0.15) is 18.7 Å². The summed E-state index contributed by atoms with van der Waals surface area (Å²) in [6, 6.07) is 0. The summed E-state index contributed by atoms with van der Waals surface area (Å²) in [5.74, 6) is 1.31. The molecular formula is C8H13N7. The molecule has 0 aliphatic carbocycles. The van der Waals surface area contributed by atoms with E-state index in [1.165, 1.54) is 6.33 Å². The highest BCUT2D eigenvalue weighted by molar-refractivity contribution is 5.31. The zero-order chi connectivity index (χ0) is 10.8. The van der Waals surface area contributed by atoms with Gasteiger partial charge in [-0.1, -0.05) is 5.21 Å². The van der Waals surface area contributed by atoms with Crippen LogP contribution < -0.4 is 5.73 Å². The molecule has 0 aliphatic rings. The molecule has 0 bridgehead atoms. The Morgan fingerprint density at radius 3 is 2.80 bits per heavy atom. The second-order valence-electron chi connectivity index (χ2n) is 3.21. The maximum atomic E-state index is 5.60. The SMILES string of the molecule is CCn1ncnc1Cn1nnc(N)c1C. The number of aromatic nitrogens is 6. The largest absolute Gasteiger partial charge is 0.381 e. The van der Waals surface area contributed by atoms with Crippen LogP contribution in [0.4, 0.5) is 5.82 Å². The van der Waals surface area contributed by atoms with Gasteiger partial charge in [-0.25, -0.2) is 14.3 Å². The number of nitrogen functional groups attached to an aromatic ring is 1. The average Bonchev–Trinajstić information content (AvgIpc) is 2.80. The van der Waals surface area contributed by atoms with E-state index in [1.54, 1.807) is 4.68 Å². The first-order valence-electron chi connectivity index (χ1n) is 4.74. The van der Waals surface area contributed by atoms with Crippen molar-refractivity contribution in [1.29, 1.82) is 0 Å². The van der Waals surface area contributed by atoms with Crippen LogP contribution in [0.2, 0.25) is 0 Å². The third kappa shape index (κ3) is 1.67. The molecule has 0 atom stereocenters. The number of nitrogens with two attached hydrogens (primary N) is 1. The molecule has 7 nitrogen and oxygen atoms in total. The molecule has 0 saturated carbocycles. The minimum atomic E-state index is 0.456. The van der Waals surface area contributed by atoms with Crippen LogP contribution in [-0.4, -0.2) is 29.8 Å². The van der Waals surface area contributed by atoms with Gasteiger partial charge >= 0.3 is 0 Å². The Hall–Kier alpha value is -1.92. The molecule has 15 heavy (non-hydrogen) atoms. The lowest BCUT2D eigenvalue weighted by atomic mass is 10.4. The summed E-state index contributed by atoms with van der Waals surface area (Å²) in [7, 11) is 0. The van der Waals surface area contributed by atoms with E-state index in [0.29, 0.717) is 12.4 Å². The summed E-state index contributed by atoms with van der Waals surface area (Å²) in [6.07, 6.45) is 1.54. The fourth-order valence-corrected chi connectivity index (χ4v) is 1.33. The van der Waals surface area contributed by atoms with Crippen LogP contribution in [0.25, 0.3) is 0 Å². The van der Waals surface area contributed by atoms with Gasteiger partial charge in [0.2, 0.25) is 0 Å². The molecule has 0 spiro atoms. The molecule has 2 N–H and O–H groups in total. The van der Waals surface area contributed by atoms with E-state index in [2.05, 4.69) is 20.4 Å². The van der Waals surface area contributed by atoms with Gasteiger partial charge < -0.3 is 5.73 Å². The van der Waals surface area contributed by atoms with Gasteiger partial charge in [0.25, 0.3) is 0 Å². The zero-order valence-electron chi connectivity index (χ0n) is 8.75. The first-order chi connectivity index (χ1) is 7.22. The lowest BCUT2D eigenvalue weighted by molar-refractivity contribution is 0.550. The van der Waals surface area contributed by atoms with E-state index >= 15 is 0 Å². The van der Waals surface area contributed by atoms with Crippen molar-refractivity contribution in [3.05, 3.63) is 17.8 Å². The van der Waals surface area contributed by atoms with Gasteiger partial charge in [0.15, 0.2) is 5.82 Å². The molecule has 2 aromatic rings. The van der Waals surface area contributed by atoms with Crippen molar-refractivity contribution in [3.8, 4) is 0 Å². The summed E-state index contributed by atoms with van der Waals surface area (Å²) < 4.78 is 3.53. The van der Waals surface area contributed by atoms with Crippen molar-refractivity contribution >= 4 is 5.82 Å². The quantitative estimate of drug-likeness (QED) is 0.754. The van der Waals surface area contributed by atoms with E-state index < -0.39 is 0 Å². The van der Waals surface area contributed by atoms with Crippen LogP contribution in [0.15, 0.2) is 6.33 Å². The first-order valence-corrected chi connectivity index (χ1v) is 4.74. The van der Waals surface area contributed by atoms with Crippen LogP contribution in [0.3, 0.4) is 0 Å². The molecule has 7 heteroatoms. The van der Waals surface area contributed by atoms with Crippen LogP contribution in [0, 0.1) is 6.92 Å². The van der Waals surface area contributed by atoms with Crippen LogP contribution in [0.1, 0.15) is 18.4 Å². The lowest BCUT2D eigenvalue weighted by Crippen LogP contribution is -2.11. The summed E-state index contributed by atoms with van der Waals surface area (Å²) in [4.78, 5) is 4.16. The van der Waals surface area contributed by atoms with Gasteiger partial charge in [-0.15, -0.1) is 5.10 Å². The Balaban J connectivity index is 2.25. The van der Waals surface area contributed by atoms with Crippen molar-refractivity contribution in [2.24, 2.45) is 0 Å². The maximum Gasteiger partial charge on any atom is 0.168 e. The molecule has 2 heterocycles. The van der Waals surface area contributed by atoms with Crippen LogP contribution >= 0.6 is 0 Å². The fourth-order valence-electron chi connectivity index (χ4n) is 1.33.